The molecular formula is C15H20ClNO3. The number of piperidine rings is 1. The maximum atomic E-state index is 11.1. The van der Waals surface area contributed by atoms with Crippen molar-refractivity contribution in [2.24, 2.45) is 0 Å². The summed E-state index contributed by atoms with van der Waals surface area (Å²) >= 11 is 6.17. The minimum atomic E-state index is 0.339. The molecule has 1 saturated heterocycles. The Labute approximate surface area is 124 Å². The zero-order valence-electron chi connectivity index (χ0n) is 11.9. The second kappa shape index (κ2) is 6.95. The summed E-state index contributed by atoms with van der Waals surface area (Å²) in [5.74, 6) is 1.02. The first-order valence-electron chi connectivity index (χ1n) is 6.83. The van der Waals surface area contributed by atoms with E-state index in [-0.39, 0.29) is 0 Å². The van der Waals surface area contributed by atoms with Crippen LogP contribution < -0.4 is 14.8 Å². The second-order valence-corrected chi connectivity index (χ2v) is 5.37. The first-order valence-corrected chi connectivity index (χ1v) is 7.21. The molecule has 1 heterocycles. The fraction of sp³-hybridized carbons (Fsp3) is 0.533. The highest BCUT2D eigenvalue weighted by Gasteiger charge is 2.21. The number of aldehydes is 1. The molecule has 0 bridgehead atoms. The monoisotopic (exact) mass is 297 g/mol. The van der Waals surface area contributed by atoms with Crippen molar-refractivity contribution in [3.8, 4) is 11.5 Å². The molecule has 2 rings (SSSR count). The molecule has 0 spiro atoms. The van der Waals surface area contributed by atoms with Gasteiger partial charge in [0.2, 0.25) is 0 Å². The molecule has 1 aliphatic heterocycles. The number of methoxy groups -OCH3 is 2. The average Bonchev–Trinajstić information content (AvgIpc) is 2.47. The van der Waals surface area contributed by atoms with Gasteiger partial charge >= 0.3 is 0 Å². The minimum absolute atomic E-state index is 0.339. The number of carbonyl (C=O) groups is 1. The van der Waals surface area contributed by atoms with E-state index in [9.17, 15) is 4.79 Å². The Morgan fingerprint density at radius 1 is 1.35 bits per heavy atom. The summed E-state index contributed by atoms with van der Waals surface area (Å²) in [5.41, 5.74) is 1.31. The fourth-order valence-electron chi connectivity index (χ4n) is 2.72. The number of benzene rings is 1. The molecule has 0 aliphatic carbocycles. The van der Waals surface area contributed by atoms with Crippen molar-refractivity contribution in [3.05, 3.63) is 22.2 Å². The lowest BCUT2D eigenvalue weighted by Gasteiger charge is -2.25. The number of ether oxygens (including phenoxy) is 2. The van der Waals surface area contributed by atoms with Gasteiger partial charge in [0.15, 0.2) is 17.8 Å². The molecule has 1 aromatic rings. The van der Waals surface area contributed by atoms with Gasteiger partial charge in [-0.3, -0.25) is 4.79 Å². The van der Waals surface area contributed by atoms with Gasteiger partial charge in [0.05, 0.1) is 24.8 Å². The van der Waals surface area contributed by atoms with Crippen molar-refractivity contribution in [1.29, 1.82) is 0 Å². The largest absolute Gasteiger partial charge is 0.493 e. The predicted octanol–water partition coefficient (Wildman–Crippen LogP) is 2.85. The first kappa shape index (κ1) is 15.1. The molecule has 0 amide bonds. The third-order valence-corrected chi connectivity index (χ3v) is 4.02. The molecule has 0 radical (unpaired) electrons. The van der Waals surface area contributed by atoms with Crippen molar-refractivity contribution >= 4 is 17.9 Å². The summed E-state index contributed by atoms with van der Waals surface area (Å²) < 4.78 is 10.7. The van der Waals surface area contributed by atoms with Crippen LogP contribution in [0.5, 0.6) is 11.5 Å². The molecule has 5 heteroatoms. The van der Waals surface area contributed by atoms with Crippen LogP contribution in [0.1, 0.15) is 35.2 Å². The molecule has 1 fully saturated rings. The van der Waals surface area contributed by atoms with E-state index < -0.39 is 0 Å². The Balaban J connectivity index is 2.36. The van der Waals surface area contributed by atoms with Gasteiger partial charge < -0.3 is 14.8 Å². The lowest BCUT2D eigenvalue weighted by atomic mass is 9.96. The van der Waals surface area contributed by atoms with Crippen molar-refractivity contribution < 1.29 is 14.3 Å². The van der Waals surface area contributed by atoms with Crippen molar-refractivity contribution in [2.75, 3.05) is 20.8 Å². The average molecular weight is 298 g/mol. The predicted molar refractivity (Wildman–Crippen MR) is 79.3 cm³/mol. The highest BCUT2D eigenvalue weighted by molar-refractivity contribution is 6.33. The van der Waals surface area contributed by atoms with Crippen LogP contribution >= 0.6 is 11.6 Å². The van der Waals surface area contributed by atoms with Crippen LogP contribution in [0, 0.1) is 0 Å². The summed E-state index contributed by atoms with van der Waals surface area (Å²) in [5, 5.41) is 3.90. The van der Waals surface area contributed by atoms with Crippen molar-refractivity contribution in [1.82, 2.24) is 5.32 Å². The minimum Gasteiger partial charge on any atom is -0.493 e. The quantitative estimate of drug-likeness (QED) is 0.849. The van der Waals surface area contributed by atoms with E-state index in [2.05, 4.69) is 5.32 Å². The summed E-state index contributed by atoms with van der Waals surface area (Å²) in [6.45, 7) is 1.05. The first-order chi connectivity index (χ1) is 9.71. The number of nitrogens with one attached hydrogen (secondary N) is 1. The van der Waals surface area contributed by atoms with Gasteiger partial charge in [-0.25, -0.2) is 0 Å². The summed E-state index contributed by atoms with van der Waals surface area (Å²) in [4.78, 5) is 11.1. The van der Waals surface area contributed by atoms with Crippen LogP contribution in [0.2, 0.25) is 5.02 Å². The van der Waals surface area contributed by atoms with E-state index in [4.69, 9.17) is 21.1 Å². The van der Waals surface area contributed by atoms with Gasteiger partial charge in [0.1, 0.15) is 0 Å². The lowest BCUT2D eigenvalue weighted by molar-refractivity contribution is 0.112. The van der Waals surface area contributed by atoms with Crippen molar-refractivity contribution in [2.45, 2.75) is 31.7 Å². The number of halogens is 1. The van der Waals surface area contributed by atoms with E-state index in [1.54, 1.807) is 7.11 Å². The van der Waals surface area contributed by atoms with Crippen LogP contribution in [0.4, 0.5) is 0 Å². The van der Waals surface area contributed by atoms with Crippen LogP contribution in [0.15, 0.2) is 6.07 Å². The topological polar surface area (TPSA) is 47.6 Å². The third kappa shape index (κ3) is 3.07. The van der Waals surface area contributed by atoms with Gasteiger partial charge in [-0.05, 0) is 31.9 Å². The standard InChI is InChI=1S/C15H20ClNO3/c1-19-14-10(7-11-5-3-4-6-17-11)8-13(16)12(9-18)15(14)20-2/h8-9,11,17H,3-7H2,1-2H3. The molecule has 0 aromatic heterocycles. The van der Waals surface area contributed by atoms with Gasteiger partial charge in [-0.1, -0.05) is 18.0 Å². The highest BCUT2D eigenvalue weighted by atomic mass is 35.5. The number of hydrogen-bond acceptors (Lipinski definition) is 4. The lowest BCUT2D eigenvalue weighted by Crippen LogP contribution is -2.35. The number of rotatable bonds is 5. The van der Waals surface area contributed by atoms with Crippen LogP contribution in [-0.2, 0) is 6.42 Å². The smallest absolute Gasteiger partial charge is 0.173 e. The molecule has 0 saturated carbocycles. The molecule has 1 aromatic carbocycles. The van der Waals surface area contributed by atoms with Crippen molar-refractivity contribution in [3.63, 3.8) is 0 Å². The van der Waals surface area contributed by atoms with E-state index in [1.165, 1.54) is 20.0 Å². The highest BCUT2D eigenvalue weighted by Crippen LogP contribution is 2.39. The zero-order chi connectivity index (χ0) is 14.5. The Hall–Kier alpha value is -1.26. The molecule has 20 heavy (non-hydrogen) atoms. The molecule has 110 valence electrons. The summed E-state index contributed by atoms with van der Waals surface area (Å²) in [6, 6.07) is 2.23. The van der Waals surface area contributed by atoms with Gasteiger partial charge in [0.25, 0.3) is 0 Å². The second-order valence-electron chi connectivity index (χ2n) is 4.97. The van der Waals surface area contributed by atoms with Gasteiger partial charge in [0, 0.05) is 11.6 Å². The maximum Gasteiger partial charge on any atom is 0.173 e. The molecule has 1 aliphatic rings. The van der Waals surface area contributed by atoms with E-state index in [0.717, 1.165) is 24.9 Å². The molecule has 1 N–H and O–H groups in total. The number of hydrogen-bond donors (Lipinski definition) is 1. The third-order valence-electron chi connectivity index (χ3n) is 3.71. The van der Waals surface area contributed by atoms with Crippen LogP contribution in [0.25, 0.3) is 0 Å². The van der Waals surface area contributed by atoms with Gasteiger partial charge in [-0.2, -0.15) is 0 Å². The van der Waals surface area contributed by atoms with Crippen LogP contribution in [-0.4, -0.2) is 33.1 Å². The number of carbonyl (C=O) groups excluding carboxylic acids is 1. The molecule has 1 atom stereocenters. The zero-order valence-corrected chi connectivity index (χ0v) is 12.6. The van der Waals surface area contributed by atoms with E-state index in [1.807, 2.05) is 6.07 Å². The molecule has 1 unspecified atom stereocenters. The van der Waals surface area contributed by atoms with E-state index >= 15 is 0 Å². The SMILES string of the molecule is COc1c(CC2CCCCN2)cc(Cl)c(C=O)c1OC. The fourth-order valence-corrected chi connectivity index (χ4v) is 2.99. The normalized spacial score (nSPS) is 18.6. The maximum absolute atomic E-state index is 11.1. The Morgan fingerprint density at radius 2 is 2.10 bits per heavy atom. The summed E-state index contributed by atoms with van der Waals surface area (Å²) in [6.07, 6.45) is 5.11. The Morgan fingerprint density at radius 3 is 2.65 bits per heavy atom. The van der Waals surface area contributed by atoms with E-state index in [0.29, 0.717) is 34.4 Å². The Kier molecular flexibility index (Phi) is 5.26. The summed E-state index contributed by atoms with van der Waals surface area (Å²) in [7, 11) is 3.10. The molecular weight excluding hydrogens is 278 g/mol. The van der Waals surface area contributed by atoms with Crippen LogP contribution in [0.3, 0.4) is 0 Å². The molecule has 4 nitrogen and oxygen atoms in total. The Bertz CT molecular complexity index is 484. The van der Waals surface area contributed by atoms with Gasteiger partial charge in [-0.15, -0.1) is 0 Å².